The number of ether oxygens (including phenoxy) is 1. The summed E-state index contributed by atoms with van der Waals surface area (Å²) in [5.41, 5.74) is 1.46. The van der Waals surface area contributed by atoms with Crippen LogP contribution in [0.25, 0.3) is 0 Å². The van der Waals surface area contributed by atoms with Crippen LogP contribution < -0.4 is 4.74 Å². The lowest BCUT2D eigenvalue weighted by Crippen LogP contribution is -2.00. The molecule has 4 heteroatoms. The van der Waals surface area contributed by atoms with Crippen LogP contribution >= 0.6 is 11.3 Å². The second-order valence-electron chi connectivity index (χ2n) is 3.79. The molecule has 0 bridgehead atoms. The van der Waals surface area contributed by atoms with E-state index in [1.165, 1.54) is 23.5 Å². The Kier molecular flexibility index (Phi) is 3.45. The molecule has 0 amide bonds. The van der Waals surface area contributed by atoms with Crippen molar-refractivity contribution >= 4 is 11.3 Å². The lowest BCUT2D eigenvalue weighted by Gasteiger charge is -2.11. The second kappa shape index (κ2) is 4.85. The van der Waals surface area contributed by atoms with Crippen LogP contribution in [-0.2, 0) is 0 Å². The van der Waals surface area contributed by atoms with Gasteiger partial charge in [0.1, 0.15) is 17.7 Å². The first kappa shape index (κ1) is 12.1. The van der Waals surface area contributed by atoms with Crippen LogP contribution in [0.5, 0.6) is 5.75 Å². The largest absolute Gasteiger partial charge is 0.496 e. The van der Waals surface area contributed by atoms with Crippen LogP contribution in [0.2, 0.25) is 0 Å². The van der Waals surface area contributed by atoms with E-state index in [4.69, 9.17) is 4.74 Å². The summed E-state index contributed by atoms with van der Waals surface area (Å²) in [5, 5.41) is 12.0. The summed E-state index contributed by atoms with van der Waals surface area (Å²) in [6.45, 7) is 1.78. The monoisotopic (exact) mass is 252 g/mol. The molecule has 1 unspecified atom stereocenters. The normalized spacial score (nSPS) is 12.5. The number of hydrogen-bond acceptors (Lipinski definition) is 3. The standard InChI is InChI=1S/C13H13FO2S/c1-8-5-9(14)3-4-11(8)13(15)12-6-10(16-2)7-17-12/h3-7,13,15H,1-2H3. The van der Waals surface area contributed by atoms with Gasteiger partial charge in [0.15, 0.2) is 0 Å². The fourth-order valence-corrected chi connectivity index (χ4v) is 2.54. The summed E-state index contributed by atoms with van der Waals surface area (Å²) in [6.07, 6.45) is -0.732. The van der Waals surface area contributed by atoms with E-state index in [-0.39, 0.29) is 5.82 Å². The Morgan fingerprint density at radius 2 is 2.12 bits per heavy atom. The van der Waals surface area contributed by atoms with E-state index >= 15 is 0 Å². The second-order valence-corrected chi connectivity index (χ2v) is 4.74. The number of aliphatic hydroxyl groups is 1. The molecule has 2 rings (SSSR count). The molecule has 1 aromatic heterocycles. The van der Waals surface area contributed by atoms with Crippen LogP contribution in [0, 0.1) is 12.7 Å². The highest BCUT2D eigenvalue weighted by Gasteiger charge is 2.15. The third-order valence-electron chi connectivity index (χ3n) is 2.63. The van der Waals surface area contributed by atoms with Crippen molar-refractivity contribution in [2.75, 3.05) is 7.11 Å². The molecule has 1 atom stereocenters. The van der Waals surface area contributed by atoms with Gasteiger partial charge < -0.3 is 9.84 Å². The highest BCUT2D eigenvalue weighted by Crippen LogP contribution is 2.32. The summed E-state index contributed by atoms with van der Waals surface area (Å²) in [6, 6.07) is 6.18. The summed E-state index contributed by atoms with van der Waals surface area (Å²) in [4.78, 5) is 0.788. The molecule has 1 aromatic carbocycles. The number of hydrogen-bond donors (Lipinski definition) is 1. The number of halogens is 1. The van der Waals surface area contributed by atoms with E-state index in [1.54, 1.807) is 26.2 Å². The van der Waals surface area contributed by atoms with Gasteiger partial charge in [0.2, 0.25) is 0 Å². The highest BCUT2D eigenvalue weighted by molar-refractivity contribution is 7.10. The van der Waals surface area contributed by atoms with Gasteiger partial charge in [-0.05, 0) is 36.2 Å². The Morgan fingerprint density at radius 3 is 2.71 bits per heavy atom. The molecule has 0 aliphatic rings. The molecular weight excluding hydrogens is 239 g/mol. The molecule has 1 N–H and O–H groups in total. The van der Waals surface area contributed by atoms with E-state index in [2.05, 4.69) is 0 Å². The smallest absolute Gasteiger partial charge is 0.129 e. The molecule has 17 heavy (non-hydrogen) atoms. The number of aryl methyl sites for hydroxylation is 1. The maximum atomic E-state index is 13.0. The van der Waals surface area contributed by atoms with Crippen molar-refractivity contribution in [3.05, 3.63) is 51.5 Å². The lowest BCUT2D eigenvalue weighted by molar-refractivity contribution is 0.223. The molecule has 0 fully saturated rings. The molecule has 2 nitrogen and oxygen atoms in total. The number of thiophene rings is 1. The number of benzene rings is 1. The molecule has 0 aliphatic heterocycles. The predicted octanol–water partition coefficient (Wildman–Crippen LogP) is 3.29. The maximum Gasteiger partial charge on any atom is 0.129 e. The van der Waals surface area contributed by atoms with Crippen molar-refractivity contribution < 1.29 is 14.2 Å². The van der Waals surface area contributed by atoms with E-state index in [9.17, 15) is 9.50 Å². The first-order chi connectivity index (χ1) is 8.11. The van der Waals surface area contributed by atoms with Crippen LogP contribution in [0.4, 0.5) is 4.39 Å². The molecule has 1 heterocycles. The molecule has 0 aliphatic carbocycles. The Labute approximate surface area is 103 Å². The quantitative estimate of drug-likeness (QED) is 0.908. The third-order valence-corrected chi connectivity index (χ3v) is 3.59. The van der Waals surface area contributed by atoms with Crippen molar-refractivity contribution in [1.82, 2.24) is 0 Å². The highest BCUT2D eigenvalue weighted by atomic mass is 32.1. The first-order valence-corrected chi connectivity index (χ1v) is 6.06. The Hall–Kier alpha value is -1.39. The SMILES string of the molecule is COc1csc(C(O)c2ccc(F)cc2C)c1. The molecular formula is C13H13FO2S. The predicted molar refractivity (Wildman–Crippen MR) is 66.1 cm³/mol. The van der Waals surface area contributed by atoms with Crippen LogP contribution in [0.15, 0.2) is 29.6 Å². The zero-order valence-electron chi connectivity index (χ0n) is 9.61. The Bertz CT molecular complexity index is 522. The fraction of sp³-hybridized carbons (Fsp3) is 0.231. The number of rotatable bonds is 3. The van der Waals surface area contributed by atoms with Gasteiger partial charge in [0.05, 0.1) is 7.11 Å². The summed E-state index contributed by atoms with van der Waals surface area (Å²) < 4.78 is 18.0. The van der Waals surface area contributed by atoms with Crippen molar-refractivity contribution in [2.24, 2.45) is 0 Å². The van der Waals surface area contributed by atoms with Gasteiger partial charge in [-0.25, -0.2) is 4.39 Å². The van der Waals surface area contributed by atoms with Gasteiger partial charge in [-0.3, -0.25) is 0 Å². The number of methoxy groups -OCH3 is 1. The molecule has 0 spiro atoms. The van der Waals surface area contributed by atoms with Crippen LogP contribution in [0.1, 0.15) is 22.1 Å². The first-order valence-electron chi connectivity index (χ1n) is 5.18. The molecule has 0 radical (unpaired) electrons. The summed E-state index contributed by atoms with van der Waals surface area (Å²) >= 11 is 1.42. The van der Waals surface area contributed by atoms with Gasteiger partial charge in [-0.15, -0.1) is 11.3 Å². The summed E-state index contributed by atoms with van der Waals surface area (Å²) in [5.74, 6) is 0.436. The van der Waals surface area contributed by atoms with Crippen molar-refractivity contribution in [3.63, 3.8) is 0 Å². The zero-order chi connectivity index (χ0) is 12.4. The van der Waals surface area contributed by atoms with E-state index in [0.29, 0.717) is 0 Å². The third kappa shape index (κ3) is 2.48. The Morgan fingerprint density at radius 1 is 1.35 bits per heavy atom. The van der Waals surface area contributed by atoms with E-state index in [0.717, 1.165) is 21.8 Å². The average Bonchev–Trinajstić information content (AvgIpc) is 2.76. The van der Waals surface area contributed by atoms with Crippen molar-refractivity contribution in [1.29, 1.82) is 0 Å². The van der Waals surface area contributed by atoms with Crippen molar-refractivity contribution in [2.45, 2.75) is 13.0 Å². The van der Waals surface area contributed by atoms with E-state index in [1.807, 2.05) is 5.38 Å². The molecule has 0 saturated carbocycles. The minimum absolute atomic E-state index is 0.290. The van der Waals surface area contributed by atoms with Crippen molar-refractivity contribution in [3.8, 4) is 5.75 Å². The minimum Gasteiger partial charge on any atom is -0.496 e. The maximum absolute atomic E-state index is 13.0. The van der Waals surface area contributed by atoms with Gasteiger partial charge in [-0.1, -0.05) is 6.07 Å². The molecule has 90 valence electrons. The average molecular weight is 252 g/mol. The Balaban J connectivity index is 2.33. The van der Waals surface area contributed by atoms with Gasteiger partial charge in [0.25, 0.3) is 0 Å². The zero-order valence-corrected chi connectivity index (χ0v) is 10.4. The van der Waals surface area contributed by atoms with Crippen LogP contribution in [0.3, 0.4) is 0 Å². The van der Waals surface area contributed by atoms with Gasteiger partial charge in [-0.2, -0.15) is 0 Å². The topological polar surface area (TPSA) is 29.5 Å². The lowest BCUT2D eigenvalue weighted by atomic mass is 10.0. The number of aliphatic hydroxyl groups excluding tert-OH is 1. The van der Waals surface area contributed by atoms with E-state index < -0.39 is 6.10 Å². The van der Waals surface area contributed by atoms with Gasteiger partial charge in [0, 0.05) is 10.3 Å². The fourth-order valence-electron chi connectivity index (χ4n) is 1.68. The molecule has 0 saturated heterocycles. The van der Waals surface area contributed by atoms with Crippen LogP contribution in [-0.4, -0.2) is 12.2 Å². The van der Waals surface area contributed by atoms with Gasteiger partial charge >= 0.3 is 0 Å². The minimum atomic E-state index is -0.732. The summed E-state index contributed by atoms with van der Waals surface area (Å²) in [7, 11) is 1.58. The molecule has 2 aromatic rings.